The van der Waals surface area contributed by atoms with Gasteiger partial charge in [0.2, 0.25) is 5.91 Å². The maximum atomic E-state index is 13.0. The summed E-state index contributed by atoms with van der Waals surface area (Å²) in [5.74, 6) is 0.618. The first-order chi connectivity index (χ1) is 19.8. The monoisotopic (exact) mass is 633 g/mol. The Balaban J connectivity index is 0.00000462. The lowest BCUT2D eigenvalue weighted by atomic mass is 10.1. The Morgan fingerprint density at radius 2 is 1.56 bits per heavy atom. The number of hydrogen-bond acceptors (Lipinski definition) is 7. The molecule has 1 atom stereocenters. The van der Waals surface area contributed by atoms with Gasteiger partial charge in [0.1, 0.15) is 24.7 Å². The molecule has 0 unspecified atom stereocenters. The van der Waals surface area contributed by atoms with Gasteiger partial charge in [-0.25, -0.2) is 4.79 Å². The second-order valence-corrected chi connectivity index (χ2v) is 10.3. The molecule has 43 heavy (non-hydrogen) atoms. The lowest BCUT2D eigenvalue weighted by Gasteiger charge is -2.18. The SMILES string of the molecule is CCN(CC)CCOC(=O)c1ccc(NC(=O)[C@H](N)Cc2ccc(OCc3ccccc3)cc2)c(OCC(C)C)c1.Cl.Cl. The summed E-state index contributed by atoms with van der Waals surface area (Å²) in [6.45, 7) is 11.9. The molecule has 3 N–H and O–H groups in total. The summed E-state index contributed by atoms with van der Waals surface area (Å²) in [5, 5.41) is 2.87. The Morgan fingerprint density at radius 3 is 2.19 bits per heavy atom. The number of carbonyl (C=O) groups is 2. The molecule has 0 radical (unpaired) electrons. The smallest absolute Gasteiger partial charge is 0.338 e. The van der Waals surface area contributed by atoms with Crippen molar-refractivity contribution in [2.45, 2.75) is 46.8 Å². The van der Waals surface area contributed by atoms with E-state index in [9.17, 15) is 9.59 Å². The molecule has 3 rings (SSSR count). The molecule has 8 nitrogen and oxygen atoms in total. The quantitative estimate of drug-likeness (QED) is 0.182. The van der Waals surface area contributed by atoms with Gasteiger partial charge in [-0.3, -0.25) is 4.79 Å². The Bertz CT molecular complexity index is 1240. The normalized spacial score (nSPS) is 11.2. The molecule has 3 aromatic rings. The van der Waals surface area contributed by atoms with Crippen LogP contribution >= 0.6 is 24.8 Å². The van der Waals surface area contributed by atoms with E-state index < -0.39 is 12.0 Å². The molecule has 1 amide bonds. The van der Waals surface area contributed by atoms with Crippen molar-refractivity contribution in [1.82, 2.24) is 4.90 Å². The highest BCUT2D eigenvalue weighted by atomic mass is 35.5. The molecule has 0 fully saturated rings. The molecule has 0 bridgehead atoms. The van der Waals surface area contributed by atoms with Crippen LogP contribution in [0.25, 0.3) is 0 Å². The Kier molecular flexibility index (Phi) is 17.4. The van der Waals surface area contributed by atoms with Crippen molar-refractivity contribution in [3.8, 4) is 11.5 Å². The van der Waals surface area contributed by atoms with Crippen molar-refractivity contribution in [3.05, 3.63) is 89.5 Å². The van der Waals surface area contributed by atoms with Crippen molar-refractivity contribution in [3.63, 3.8) is 0 Å². The number of hydrogen-bond donors (Lipinski definition) is 2. The van der Waals surface area contributed by atoms with Crippen molar-refractivity contribution >= 4 is 42.4 Å². The average molecular weight is 635 g/mol. The second kappa shape index (κ2) is 19.8. The van der Waals surface area contributed by atoms with Crippen molar-refractivity contribution in [1.29, 1.82) is 0 Å². The Morgan fingerprint density at radius 1 is 0.884 bits per heavy atom. The van der Waals surface area contributed by atoms with Gasteiger partial charge in [0, 0.05) is 6.54 Å². The van der Waals surface area contributed by atoms with Gasteiger partial charge in [-0.15, -0.1) is 24.8 Å². The fraction of sp³-hybridized carbons (Fsp3) is 0.394. The molecule has 0 saturated carbocycles. The van der Waals surface area contributed by atoms with E-state index in [2.05, 4.69) is 24.1 Å². The predicted molar refractivity (Wildman–Crippen MR) is 177 cm³/mol. The fourth-order valence-electron chi connectivity index (χ4n) is 4.05. The van der Waals surface area contributed by atoms with Gasteiger partial charge in [-0.2, -0.15) is 0 Å². The van der Waals surface area contributed by atoms with Gasteiger partial charge in [-0.05, 0) is 66.9 Å². The van der Waals surface area contributed by atoms with Crippen LogP contribution in [0.5, 0.6) is 11.5 Å². The summed E-state index contributed by atoms with van der Waals surface area (Å²) in [5.41, 5.74) is 9.08. The van der Waals surface area contributed by atoms with Gasteiger partial charge in [-0.1, -0.05) is 70.2 Å². The minimum absolute atomic E-state index is 0. The van der Waals surface area contributed by atoms with Crippen molar-refractivity contribution in [2.24, 2.45) is 11.7 Å². The molecular formula is C33H45Cl2N3O5. The highest BCUT2D eigenvalue weighted by Gasteiger charge is 2.19. The molecule has 0 aliphatic rings. The fourth-order valence-corrected chi connectivity index (χ4v) is 4.05. The minimum Gasteiger partial charge on any atom is -0.491 e. The zero-order chi connectivity index (χ0) is 29.6. The van der Waals surface area contributed by atoms with Gasteiger partial charge in [0.05, 0.1) is 23.9 Å². The molecule has 0 aromatic heterocycles. The number of nitrogens with two attached hydrogens (primary N) is 1. The molecule has 0 saturated heterocycles. The zero-order valence-electron chi connectivity index (χ0n) is 25.4. The number of carbonyl (C=O) groups excluding carboxylic acids is 2. The molecule has 0 heterocycles. The third kappa shape index (κ3) is 12.8. The van der Waals surface area contributed by atoms with E-state index in [1.54, 1.807) is 18.2 Å². The van der Waals surface area contributed by atoms with E-state index in [0.29, 0.717) is 49.8 Å². The number of likely N-dealkylation sites (N-methyl/N-ethyl adjacent to an activating group) is 1. The Hall–Kier alpha value is -3.30. The van der Waals surface area contributed by atoms with Crippen LogP contribution in [0.15, 0.2) is 72.8 Å². The number of anilines is 1. The van der Waals surface area contributed by atoms with Crippen LogP contribution in [0.3, 0.4) is 0 Å². The maximum absolute atomic E-state index is 13.0. The molecule has 0 aliphatic heterocycles. The van der Waals surface area contributed by atoms with Crippen LogP contribution in [-0.4, -0.2) is 55.7 Å². The molecular weight excluding hydrogens is 589 g/mol. The molecule has 10 heteroatoms. The van der Waals surface area contributed by atoms with E-state index in [0.717, 1.165) is 30.0 Å². The molecule has 0 spiro atoms. The van der Waals surface area contributed by atoms with Crippen molar-refractivity contribution in [2.75, 3.05) is 38.2 Å². The first-order valence-electron chi connectivity index (χ1n) is 14.3. The largest absolute Gasteiger partial charge is 0.491 e. The molecule has 236 valence electrons. The minimum atomic E-state index is -0.784. The Labute approximate surface area is 268 Å². The predicted octanol–water partition coefficient (Wildman–Crippen LogP) is 6.15. The number of rotatable bonds is 16. The van der Waals surface area contributed by atoms with E-state index in [1.807, 2.05) is 68.4 Å². The van der Waals surface area contributed by atoms with E-state index >= 15 is 0 Å². The molecule has 0 aliphatic carbocycles. The lowest BCUT2D eigenvalue weighted by molar-refractivity contribution is -0.117. The van der Waals surface area contributed by atoms with Crippen LogP contribution in [0, 0.1) is 5.92 Å². The summed E-state index contributed by atoms with van der Waals surface area (Å²) < 4.78 is 17.3. The number of benzene rings is 3. The highest BCUT2D eigenvalue weighted by Crippen LogP contribution is 2.27. The first-order valence-corrected chi connectivity index (χ1v) is 14.3. The van der Waals surface area contributed by atoms with E-state index in [4.69, 9.17) is 19.9 Å². The number of esters is 1. The summed E-state index contributed by atoms with van der Waals surface area (Å²) in [6, 6.07) is 21.6. The number of nitrogens with zero attached hydrogens (tertiary/aromatic N) is 1. The third-order valence-electron chi connectivity index (χ3n) is 6.55. The summed E-state index contributed by atoms with van der Waals surface area (Å²) >= 11 is 0. The van der Waals surface area contributed by atoms with Crippen LogP contribution in [0.4, 0.5) is 5.69 Å². The van der Waals surface area contributed by atoms with Gasteiger partial charge < -0.3 is 30.2 Å². The van der Waals surface area contributed by atoms with Gasteiger partial charge in [0.15, 0.2) is 0 Å². The zero-order valence-corrected chi connectivity index (χ0v) is 27.0. The maximum Gasteiger partial charge on any atom is 0.338 e. The lowest BCUT2D eigenvalue weighted by Crippen LogP contribution is -2.37. The average Bonchev–Trinajstić information content (AvgIpc) is 2.98. The first kappa shape index (κ1) is 37.7. The van der Waals surface area contributed by atoms with Crippen LogP contribution in [-0.2, 0) is 22.6 Å². The topological polar surface area (TPSA) is 103 Å². The second-order valence-electron chi connectivity index (χ2n) is 10.3. The molecule has 3 aromatic carbocycles. The summed E-state index contributed by atoms with van der Waals surface area (Å²) in [4.78, 5) is 27.8. The van der Waals surface area contributed by atoms with Gasteiger partial charge >= 0.3 is 5.97 Å². The number of amides is 1. The summed E-state index contributed by atoms with van der Waals surface area (Å²) in [6.07, 6.45) is 0.351. The number of halogens is 2. The van der Waals surface area contributed by atoms with E-state index in [-0.39, 0.29) is 36.6 Å². The third-order valence-corrected chi connectivity index (χ3v) is 6.55. The van der Waals surface area contributed by atoms with Crippen LogP contribution < -0.4 is 20.5 Å². The van der Waals surface area contributed by atoms with Crippen molar-refractivity contribution < 1.29 is 23.8 Å². The standard InChI is InChI=1S/C33H43N3O5.2ClH/c1-5-36(6-2)18-19-39-33(38)27-14-17-30(31(21-27)41-22-24(3)4)35-32(37)29(34)20-25-12-15-28(16-13-25)40-23-26-10-8-7-9-11-26;;/h7-17,21,24,29H,5-6,18-20,22-23,34H2,1-4H3,(H,35,37);2*1H/t29-;;/m1../s1. The van der Waals surface area contributed by atoms with Crippen LogP contribution in [0.2, 0.25) is 0 Å². The van der Waals surface area contributed by atoms with Gasteiger partial charge in [0.25, 0.3) is 0 Å². The van der Waals surface area contributed by atoms with E-state index in [1.165, 1.54) is 0 Å². The summed E-state index contributed by atoms with van der Waals surface area (Å²) in [7, 11) is 0. The van der Waals surface area contributed by atoms with Crippen LogP contribution in [0.1, 0.15) is 49.2 Å². The highest BCUT2D eigenvalue weighted by molar-refractivity contribution is 5.97. The number of nitrogens with one attached hydrogen (secondary N) is 1. The number of ether oxygens (including phenoxy) is 3.